The van der Waals surface area contributed by atoms with E-state index in [1.165, 1.54) is 6.20 Å². The van der Waals surface area contributed by atoms with Crippen LogP contribution in [0.25, 0.3) is 0 Å². The lowest BCUT2D eigenvalue weighted by Crippen LogP contribution is -1.88. The zero-order valence-corrected chi connectivity index (χ0v) is 6.17. The van der Waals surface area contributed by atoms with Crippen LogP contribution >= 0.6 is 15.9 Å². The Labute approximate surface area is 60.9 Å². The highest BCUT2D eigenvalue weighted by Gasteiger charge is 1.89. The summed E-state index contributed by atoms with van der Waals surface area (Å²) < 4.78 is 0.680. The van der Waals surface area contributed by atoms with Gasteiger partial charge in [-0.15, -0.1) is 0 Å². The molecule has 3 nitrogen and oxygen atoms in total. The van der Waals surface area contributed by atoms with Crippen molar-refractivity contribution >= 4 is 15.9 Å². The molecule has 0 aliphatic carbocycles. The molecule has 0 unspecified atom stereocenters. The van der Waals surface area contributed by atoms with Crippen LogP contribution in [0.5, 0.6) is 0 Å². The van der Waals surface area contributed by atoms with Crippen LogP contribution in [0.3, 0.4) is 0 Å². The third kappa shape index (κ3) is 1.73. The summed E-state index contributed by atoms with van der Waals surface area (Å²) in [5.74, 6) is 0. The van der Waals surface area contributed by atoms with Crippen LogP contribution in [-0.4, -0.2) is 15.1 Å². The maximum absolute atomic E-state index is 8.51. The molecule has 0 atom stereocenters. The number of hydrogen-bond donors (Lipinski definition) is 1. The molecule has 48 valence electrons. The Kier molecular flexibility index (Phi) is 2.13. The topological polar surface area (TPSA) is 46.0 Å². The molecule has 0 amide bonds. The Morgan fingerprint density at radius 2 is 2.22 bits per heavy atom. The maximum Gasteiger partial charge on any atom is 0.124 e. The molecule has 1 rings (SSSR count). The highest BCUT2D eigenvalue weighted by atomic mass is 79.9. The summed E-state index contributed by atoms with van der Waals surface area (Å²) in [4.78, 5) is 7.68. The third-order valence-electron chi connectivity index (χ3n) is 0.836. The van der Waals surface area contributed by atoms with E-state index in [2.05, 4.69) is 25.9 Å². The van der Waals surface area contributed by atoms with Gasteiger partial charge in [-0.2, -0.15) is 0 Å². The number of nitrogens with zero attached hydrogens (tertiary/aromatic N) is 2. The third-order valence-corrected chi connectivity index (χ3v) is 1.25. The Balaban J connectivity index is 2.88. The van der Waals surface area contributed by atoms with Gasteiger partial charge in [0, 0.05) is 0 Å². The van der Waals surface area contributed by atoms with E-state index in [-0.39, 0.29) is 6.61 Å². The maximum atomic E-state index is 8.51. The molecular formula is C5H5BrN2O. The Bertz CT molecular complexity index is 187. The zero-order valence-electron chi connectivity index (χ0n) is 4.58. The van der Waals surface area contributed by atoms with Crippen molar-refractivity contribution in [3.8, 4) is 0 Å². The van der Waals surface area contributed by atoms with E-state index in [0.29, 0.717) is 10.3 Å². The lowest BCUT2D eigenvalue weighted by molar-refractivity contribution is 0.276. The molecule has 0 aromatic carbocycles. The second kappa shape index (κ2) is 2.89. The fourth-order valence-corrected chi connectivity index (χ4v) is 0.625. The first-order chi connectivity index (χ1) is 4.33. The summed E-state index contributed by atoms with van der Waals surface area (Å²) >= 11 is 3.12. The summed E-state index contributed by atoms with van der Waals surface area (Å²) in [6.07, 6.45) is 3.07. The summed E-state index contributed by atoms with van der Waals surface area (Å²) in [6.45, 7) is -0.0553. The average Bonchev–Trinajstić information content (AvgIpc) is 1.90. The monoisotopic (exact) mass is 188 g/mol. The van der Waals surface area contributed by atoms with Gasteiger partial charge in [0.25, 0.3) is 0 Å². The van der Waals surface area contributed by atoms with Crippen molar-refractivity contribution in [2.45, 2.75) is 6.61 Å². The predicted octanol–water partition coefficient (Wildman–Crippen LogP) is 0.731. The van der Waals surface area contributed by atoms with Crippen molar-refractivity contribution in [3.63, 3.8) is 0 Å². The van der Waals surface area contributed by atoms with Crippen molar-refractivity contribution in [1.29, 1.82) is 0 Å². The highest BCUT2D eigenvalue weighted by Crippen LogP contribution is 2.01. The van der Waals surface area contributed by atoms with Gasteiger partial charge in [-0.1, -0.05) is 0 Å². The van der Waals surface area contributed by atoms with Crippen LogP contribution in [-0.2, 0) is 6.61 Å². The molecule has 0 spiro atoms. The largest absolute Gasteiger partial charge is 0.390 e. The van der Waals surface area contributed by atoms with Crippen molar-refractivity contribution in [3.05, 3.63) is 22.7 Å². The fraction of sp³-hybridized carbons (Fsp3) is 0.200. The van der Waals surface area contributed by atoms with Crippen LogP contribution in [0.1, 0.15) is 5.69 Å². The van der Waals surface area contributed by atoms with Crippen LogP contribution in [0.4, 0.5) is 0 Å². The molecule has 4 heteroatoms. The Morgan fingerprint density at radius 1 is 1.44 bits per heavy atom. The second-order valence-corrected chi connectivity index (χ2v) is 2.30. The number of halogens is 1. The van der Waals surface area contributed by atoms with Crippen molar-refractivity contribution in [2.75, 3.05) is 0 Å². The first-order valence-corrected chi connectivity index (χ1v) is 3.19. The molecule has 0 fully saturated rings. The molecule has 0 saturated heterocycles. The molecule has 0 aliphatic heterocycles. The molecule has 0 saturated carbocycles. The number of aliphatic hydroxyl groups excluding tert-OH is 1. The van der Waals surface area contributed by atoms with E-state index in [0.717, 1.165) is 0 Å². The minimum atomic E-state index is -0.0553. The van der Waals surface area contributed by atoms with E-state index in [4.69, 9.17) is 5.11 Å². The quantitative estimate of drug-likeness (QED) is 0.708. The number of aliphatic hydroxyl groups is 1. The molecule has 1 N–H and O–H groups in total. The summed E-state index contributed by atoms with van der Waals surface area (Å²) in [6, 6.07) is 0. The van der Waals surface area contributed by atoms with Crippen LogP contribution in [0.2, 0.25) is 0 Å². The molecular weight excluding hydrogens is 184 g/mol. The average molecular weight is 189 g/mol. The molecule has 0 bridgehead atoms. The van der Waals surface area contributed by atoms with Gasteiger partial charge in [0.05, 0.1) is 24.7 Å². The minimum Gasteiger partial charge on any atom is -0.390 e. The summed E-state index contributed by atoms with van der Waals surface area (Å²) in [7, 11) is 0. The number of aromatic nitrogens is 2. The van der Waals surface area contributed by atoms with Crippen LogP contribution < -0.4 is 0 Å². The van der Waals surface area contributed by atoms with Gasteiger partial charge < -0.3 is 5.11 Å². The van der Waals surface area contributed by atoms with Gasteiger partial charge >= 0.3 is 0 Å². The number of hydrogen-bond acceptors (Lipinski definition) is 3. The van der Waals surface area contributed by atoms with Crippen molar-refractivity contribution in [1.82, 2.24) is 9.97 Å². The van der Waals surface area contributed by atoms with E-state index in [1.54, 1.807) is 6.20 Å². The van der Waals surface area contributed by atoms with E-state index < -0.39 is 0 Å². The second-order valence-electron chi connectivity index (χ2n) is 1.49. The molecule has 1 aromatic heterocycles. The van der Waals surface area contributed by atoms with Crippen LogP contribution in [0.15, 0.2) is 17.0 Å². The van der Waals surface area contributed by atoms with E-state index in [1.807, 2.05) is 0 Å². The van der Waals surface area contributed by atoms with Gasteiger partial charge in [0.1, 0.15) is 4.60 Å². The van der Waals surface area contributed by atoms with E-state index >= 15 is 0 Å². The highest BCUT2D eigenvalue weighted by molar-refractivity contribution is 9.10. The van der Waals surface area contributed by atoms with E-state index in [9.17, 15) is 0 Å². The van der Waals surface area contributed by atoms with Gasteiger partial charge in [0.15, 0.2) is 0 Å². The SMILES string of the molecule is OCc1cnc(Br)cn1. The Hall–Kier alpha value is -0.480. The lowest BCUT2D eigenvalue weighted by Gasteiger charge is -1.91. The van der Waals surface area contributed by atoms with Crippen molar-refractivity contribution < 1.29 is 5.11 Å². The van der Waals surface area contributed by atoms with Gasteiger partial charge in [-0.3, -0.25) is 4.98 Å². The Morgan fingerprint density at radius 3 is 2.67 bits per heavy atom. The first-order valence-electron chi connectivity index (χ1n) is 2.40. The molecule has 9 heavy (non-hydrogen) atoms. The molecule has 0 aliphatic rings. The van der Waals surface area contributed by atoms with Gasteiger partial charge in [-0.25, -0.2) is 4.98 Å². The zero-order chi connectivity index (χ0) is 6.69. The number of rotatable bonds is 1. The molecule has 0 radical (unpaired) electrons. The minimum absolute atomic E-state index is 0.0553. The smallest absolute Gasteiger partial charge is 0.124 e. The van der Waals surface area contributed by atoms with Crippen molar-refractivity contribution in [2.24, 2.45) is 0 Å². The first kappa shape index (κ1) is 6.64. The lowest BCUT2D eigenvalue weighted by atomic mass is 10.5. The molecule has 1 aromatic rings. The summed E-state index contributed by atoms with van der Waals surface area (Å²) in [5.41, 5.74) is 0.582. The van der Waals surface area contributed by atoms with Crippen LogP contribution in [0, 0.1) is 0 Å². The fourth-order valence-electron chi connectivity index (χ4n) is 0.421. The normalized spacial score (nSPS) is 9.56. The van der Waals surface area contributed by atoms with Gasteiger partial charge in [0.2, 0.25) is 0 Å². The molecule has 1 heterocycles. The predicted molar refractivity (Wildman–Crippen MR) is 35.7 cm³/mol. The summed E-state index contributed by atoms with van der Waals surface area (Å²) in [5, 5.41) is 8.51. The van der Waals surface area contributed by atoms with Gasteiger partial charge in [-0.05, 0) is 15.9 Å². The standard InChI is InChI=1S/C5H5BrN2O/c6-5-2-7-4(3-9)1-8-5/h1-2,9H,3H2.